The third-order valence-corrected chi connectivity index (χ3v) is 4.29. The molecular formula is C14H20N2O3S. The number of aromatic carboxylic acids is 1. The quantitative estimate of drug-likeness (QED) is 0.780. The molecule has 0 aromatic heterocycles. The SMILES string of the molecule is CSC(C)(C)CNC(=O)Nc1cccc(C(=O)O)c1C. The van der Waals surface area contributed by atoms with Crippen LogP contribution in [0.5, 0.6) is 0 Å². The number of rotatable bonds is 5. The highest BCUT2D eigenvalue weighted by Gasteiger charge is 2.17. The van der Waals surface area contributed by atoms with E-state index in [0.29, 0.717) is 17.8 Å². The number of urea groups is 1. The summed E-state index contributed by atoms with van der Waals surface area (Å²) in [5.41, 5.74) is 1.23. The minimum Gasteiger partial charge on any atom is -0.478 e. The van der Waals surface area contributed by atoms with Crippen LogP contribution in [0.2, 0.25) is 0 Å². The minimum atomic E-state index is -1.00. The number of nitrogens with one attached hydrogen (secondary N) is 2. The molecule has 1 rings (SSSR count). The molecule has 1 aromatic carbocycles. The molecule has 0 atom stereocenters. The molecule has 110 valence electrons. The summed E-state index contributed by atoms with van der Waals surface area (Å²) in [6, 6.07) is 4.47. The van der Waals surface area contributed by atoms with Crippen LogP contribution in [-0.2, 0) is 0 Å². The molecule has 5 nitrogen and oxygen atoms in total. The predicted octanol–water partition coefficient (Wildman–Crippen LogP) is 2.96. The van der Waals surface area contributed by atoms with Crippen molar-refractivity contribution in [1.29, 1.82) is 0 Å². The van der Waals surface area contributed by atoms with E-state index in [4.69, 9.17) is 5.11 Å². The third kappa shape index (κ3) is 4.45. The first-order valence-electron chi connectivity index (χ1n) is 6.20. The topological polar surface area (TPSA) is 78.4 Å². The Kier molecular flexibility index (Phi) is 5.44. The first-order valence-corrected chi connectivity index (χ1v) is 7.42. The van der Waals surface area contributed by atoms with Gasteiger partial charge in [0.25, 0.3) is 0 Å². The molecule has 0 saturated heterocycles. The second-order valence-corrected chi connectivity index (χ2v) is 6.57. The van der Waals surface area contributed by atoms with E-state index in [-0.39, 0.29) is 16.3 Å². The Morgan fingerprint density at radius 1 is 1.35 bits per heavy atom. The molecular weight excluding hydrogens is 276 g/mol. The van der Waals surface area contributed by atoms with Crippen LogP contribution in [0.15, 0.2) is 18.2 Å². The Labute approximate surface area is 123 Å². The largest absolute Gasteiger partial charge is 0.478 e. The second-order valence-electron chi connectivity index (χ2n) is 5.05. The van der Waals surface area contributed by atoms with Gasteiger partial charge in [0.2, 0.25) is 0 Å². The summed E-state index contributed by atoms with van der Waals surface area (Å²) in [5, 5.41) is 14.5. The number of carboxylic acids is 1. The Morgan fingerprint density at radius 2 is 2.00 bits per heavy atom. The molecule has 0 aliphatic rings. The molecule has 0 bridgehead atoms. The van der Waals surface area contributed by atoms with E-state index in [1.165, 1.54) is 6.07 Å². The molecule has 0 fully saturated rings. The Morgan fingerprint density at radius 3 is 2.55 bits per heavy atom. The van der Waals surface area contributed by atoms with Crippen molar-refractivity contribution >= 4 is 29.4 Å². The Bertz CT molecular complexity index is 515. The van der Waals surface area contributed by atoms with Crippen molar-refractivity contribution in [1.82, 2.24) is 5.32 Å². The van der Waals surface area contributed by atoms with Crippen LogP contribution in [0.3, 0.4) is 0 Å². The normalized spacial score (nSPS) is 11.0. The van der Waals surface area contributed by atoms with Gasteiger partial charge < -0.3 is 15.7 Å². The van der Waals surface area contributed by atoms with E-state index in [0.717, 1.165) is 0 Å². The van der Waals surface area contributed by atoms with Crippen molar-refractivity contribution in [3.05, 3.63) is 29.3 Å². The van der Waals surface area contributed by atoms with Gasteiger partial charge in [0.15, 0.2) is 0 Å². The Balaban J connectivity index is 2.72. The highest BCUT2D eigenvalue weighted by Crippen LogP contribution is 2.20. The molecule has 0 heterocycles. The zero-order valence-corrected chi connectivity index (χ0v) is 12.9. The average Bonchev–Trinajstić information content (AvgIpc) is 2.39. The Hall–Kier alpha value is -1.69. The maximum Gasteiger partial charge on any atom is 0.336 e. The summed E-state index contributed by atoms with van der Waals surface area (Å²) >= 11 is 1.66. The van der Waals surface area contributed by atoms with E-state index < -0.39 is 5.97 Å². The summed E-state index contributed by atoms with van der Waals surface area (Å²) in [6.45, 7) is 6.27. The van der Waals surface area contributed by atoms with E-state index in [1.54, 1.807) is 30.8 Å². The maximum atomic E-state index is 11.8. The van der Waals surface area contributed by atoms with Crippen LogP contribution in [0, 0.1) is 6.92 Å². The fraction of sp³-hybridized carbons (Fsp3) is 0.429. The van der Waals surface area contributed by atoms with Gasteiger partial charge in [0.1, 0.15) is 0 Å². The van der Waals surface area contributed by atoms with Crippen molar-refractivity contribution in [3.63, 3.8) is 0 Å². The van der Waals surface area contributed by atoms with Gasteiger partial charge in [-0.1, -0.05) is 6.07 Å². The van der Waals surface area contributed by atoms with Gasteiger partial charge in [0.05, 0.1) is 5.56 Å². The van der Waals surface area contributed by atoms with Crippen molar-refractivity contribution < 1.29 is 14.7 Å². The van der Waals surface area contributed by atoms with Crippen LogP contribution in [0.25, 0.3) is 0 Å². The first kappa shape index (κ1) is 16.4. The fourth-order valence-corrected chi connectivity index (χ4v) is 1.75. The van der Waals surface area contributed by atoms with Gasteiger partial charge in [-0.25, -0.2) is 9.59 Å². The maximum absolute atomic E-state index is 11.8. The van der Waals surface area contributed by atoms with Gasteiger partial charge in [-0.05, 0) is 44.7 Å². The average molecular weight is 296 g/mol. The third-order valence-electron chi connectivity index (χ3n) is 3.04. The van der Waals surface area contributed by atoms with Crippen LogP contribution in [0.1, 0.15) is 29.8 Å². The molecule has 0 unspecified atom stereocenters. The van der Waals surface area contributed by atoms with Crippen molar-refractivity contribution in [2.45, 2.75) is 25.5 Å². The zero-order valence-electron chi connectivity index (χ0n) is 12.1. The van der Waals surface area contributed by atoms with Crippen molar-refractivity contribution in [2.75, 3.05) is 18.1 Å². The zero-order chi connectivity index (χ0) is 15.3. The number of amides is 2. The second kappa shape index (κ2) is 6.65. The summed E-state index contributed by atoms with van der Waals surface area (Å²) in [7, 11) is 0. The standard InChI is InChI=1S/C14H20N2O3S/c1-9-10(12(17)18)6-5-7-11(9)16-13(19)15-8-14(2,3)20-4/h5-7H,8H2,1-4H3,(H,17,18)(H2,15,16,19). The van der Waals surface area contributed by atoms with Gasteiger partial charge in [-0.15, -0.1) is 0 Å². The molecule has 1 aromatic rings. The molecule has 3 N–H and O–H groups in total. The number of carbonyl (C=O) groups is 2. The number of hydrogen-bond acceptors (Lipinski definition) is 3. The van der Waals surface area contributed by atoms with Crippen molar-refractivity contribution in [2.24, 2.45) is 0 Å². The molecule has 0 radical (unpaired) electrons. The molecule has 0 aliphatic heterocycles. The molecule has 2 amide bonds. The predicted molar refractivity (Wildman–Crippen MR) is 82.8 cm³/mol. The number of thioether (sulfide) groups is 1. The van der Waals surface area contributed by atoms with Gasteiger partial charge in [0, 0.05) is 17.0 Å². The minimum absolute atomic E-state index is 0.0463. The first-order chi connectivity index (χ1) is 9.26. The molecule has 6 heteroatoms. The molecule has 20 heavy (non-hydrogen) atoms. The van der Waals surface area contributed by atoms with E-state index in [2.05, 4.69) is 10.6 Å². The van der Waals surface area contributed by atoms with Crippen LogP contribution >= 0.6 is 11.8 Å². The summed E-state index contributed by atoms with van der Waals surface area (Å²) in [4.78, 5) is 22.9. The summed E-state index contributed by atoms with van der Waals surface area (Å²) in [6.07, 6.45) is 1.99. The number of carboxylic acid groups (broad SMARTS) is 1. The highest BCUT2D eigenvalue weighted by atomic mass is 32.2. The van der Waals surface area contributed by atoms with Crippen LogP contribution in [0.4, 0.5) is 10.5 Å². The lowest BCUT2D eigenvalue weighted by Gasteiger charge is -2.22. The van der Waals surface area contributed by atoms with E-state index in [1.807, 2.05) is 20.1 Å². The van der Waals surface area contributed by atoms with Gasteiger partial charge >= 0.3 is 12.0 Å². The van der Waals surface area contributed by atoms with Gasteiger partial charge in [-0.3, -0.25) is 0 Å². The summed E-state index contributed by atoms with van der Waals surface area (Å²) < 4.78 is -0.0463. The van der Waals surface area contributed by atoms with Crippen LogP contribution < -0.4 is 10.6 Å². The lowest BCUT2D eigenvalue weighted by atomic mass is 10.1. The highest BCUT2D eigenvalue weighted by molar-refractivity contribution is 7.99. The van der Waals surface area contributed by atoms with Gasteiger partial charge in [-0.2, -0.15) is 11.8 Å². The molecule has 0 spiro atoms. The lowest BCUT2D eigenvalue weighted by molar-refractivity contribution is 0.0696. The molecule has 0 aliphatic carbocycles. The number of hydrogen-bond donors (Lipinski definition) is 3. The van der Waals surface area contributed by atoms with E-state index in [9.17, 15) is 9.59 Å². The number of anilines is 1. The fourth-order valence-electron chi connectivity index (χ4n) is 1.53. The van der Waals surface area contributed by atoms with Crippen LogP contribution in [-0.4, -0.2) is 34.7 Å². The van der Waals surface area contributed by atoms with Crippen molar-refractivity contribution in [3.8, 4) is 0 Å². The lowest BCUT2D eigenvalue weighted by Crippen LogP contribution is -2.38. The van der Waals surface area contributed by atoms with E-state index >= 15 is 0 Å². The summed E-state index contributed by atoms with van der Waals surface area (Å²) in [5.74, 6) is -1.00. The monoisotopic (exact) mass is 296 g/mol. The number of benzene rings is 1. The number of carbonyl (C=O) groups excluding carboxylic acids is 1. The molecule has 0 saturated carbocycles. The smallest absolute Gasteiger partial charge is 0.336 e.